The molecule has 0 heterocycles. The van der Waals surface area contributed by atoms with Crippen LogP contribution in [-0.4, -0.2) is 20.6 Å². The number of anilines is 1. The van der Waals surface area contributed by atoms with Crippen LogP contribution in [0.25, 0.3) is 0 Å². The van der Waals surface area contributed by atoms with Gasteiger partial charge in [-0.1, -0.05) is 60.1 Å². The first-order valence-corrected chi connectivity index (χ1v) is 11.5. The Bertz CT molecular complexity index is 1220. The van der Waals surface area contributed by atoms with Crippen molar-refractivity contribution in [2.75, 3.05) is 11.6 Å². The number of rotatable bonds is 6. The topological polar surface area (TPSA) is 87.0 Å². The maximum Gasteiger partial charge on any atom is 0.255 e. The number of nitrogens with one attached hydrogen (secondary N) is 1. The number of amides is 1. The molecule has 0 radical (unpaired) electrons. The maximum absolute atomic E-state index is 12.6. The van der Waals surface area contributed by atoms with Crippen molar-refractivity contribution in [3.63, 3.8) is 0 Å². The fraction of sp³-hybridized carbons (Fsp3) is 0.130. The van der Waals surface area contributed by atoms with Crippen LogP contribution in [0.4, 0.5) is 5.69 Å². The Balaban J connectivity index is 1.80. The minimum Gasteiger partial charge on any atom is -0.322 e. The smallest absolute Gasteiger partial charge is 0.255 e. The summed E-state index contributed by atoms with van der Waals surface area (Å²) >= 11 is 6.41. The van der Waals surface area contributed by atoms with Gasteiger partial charge in [0.15, 0.2) is 9.84 Å². The largest absolute Gasteiger partial charge is 0.322 e. The number of halogens is 1. The molecule has 5 nitrogen and oxygen atoms in total. The number of carbonyl (C=O) groups excluding carboxylic acids is 1. The lowest BCUT2D eigenvalue weighted by Gasteiger charge is -2.14. The van der Waals surface area contributed by atoms with Crippen LogP contribution in [0.3, 0.4) is 0 Å². The predicted molar refractivity (Wildman–Crippen MR) is 118 cm³/mol. The lowest BCUT2D eigenvalue weighted by Crippen LogP contribution is -2.13. The molecule has 0 spiro atoms. The van der Waals surface area contributed by atoms with E-state index in [1.54, 1.807) is 42.5 Å². The van der Waals surface area contributed by atoms with Gasteiger partial charge in [0.25, 0.3) is 5.91 Å². The normalized spacial score (nSPS) is 12.0. The molecule has 3 rings (SSSR count). The third kappa shape index (κ3) is 5.47. The standard InChI is InChI=1S/C23H19ClN2O3S/c1-30(28,29)15-16-6-5-9-18(12-16)23(27)26-19-10-11-20(22(24)13-19)21(14-25)17-7-3-2-4-8-17/h2-13,21H,15H2,1H3,(H,26,27). The summed E-state index contributed by atoms with van der Waals surface area (Å²) in [6.45, 7) is 0. The van der Waals surface area contributed by atoms with Crippen LogP contribution in [0.5, 0.6) is 0 Å². The Morgan fingerprint density at radius 3 is 2.43 bits per heavy atom. The Labute approximate surface area is 180 Å². The summed E-state index contributed by atoms with van der Waals surface area (Å²) < 4.78 is 23.0. The quantitative estimate of drug-likeness (QED) is 0.599. The molecule has 0 saturated heterocycles. The summed E-state index contributed by atoms with van der Waals surface area (Å²) in [6, 6.07) is 23.1. The van der Waals surface area contributed by atoms with Gasteiger partial charge in [0.2, 0.25) is 0 Å². The van der Waals surface area contributed by atoms with E-state index in [4.69, 9.17) is 11.6 Å². The number of hydrogen-bond donors (Lipinski definition) is 1. The summed E-state index contributed by atoms with van der Waals surface area (Å²) in [6.07, 6.45) is 1.15. The first-order chi connectivity index (χ1) is 14.3. The van der Waals surface area contributed by atoms with Gasteiger partial charge in [-0.05, 0) is 41.0 Å². The highest BCUT2D eigenvalue weighted by atomic mass is 35.5. The number of sulfone groups is 1. The number of nitriles is 1. The minimum absolute atomic E-state index is 0.135. The van der Waals surface area contributed by atoms with Crippen LogP contribution in [0.15, 0.2) is 72.8 Å². The van der Waals surface area contributed by atoms with Gasteiger partial charge in [-0.3, -0.25) is 4.79 Å². The average molecular weight is 439 g/mol. The first-order valence-electron chi connectivity index (χ1n) is 9.09. The van der Waals surface area contributed by atoms with E-state index in [1.165, 1.54) is 0 Å². The van der Waals surface area contributed by atoms with Crippen molar-refractivity contribution in [2.45, 2.75) is 11.7 Å². The van der Waals surface area contributed by atoms with E-state index in [9.17, 15) is 18.5 Å². The summed E-state index contributed by atoms with van der Waals surface area (Å²) in [5.41, 5.74) is 2.85. The molecule has 0 aliphatic rings. The van der Waals surface area contributed by atoms with Crippen molar-refractivity contribution in [1.82, 2.24) is 0 Å². The van der Waals surface area contributed by atoms with Crippen LogP contribution in [-0.2, 0) is 15.6 Å². The van der Waals surface area contributed by atoms with Crippen LogP contribution in [0.2, 0.25) is 5.02 Å². The highest BCUT2D eigenvalue weighted by molar-refractivity contribution is 7.89. The molecular weight excluding hydrogens is 420 g/mol. The molecule has 1 unspecified atom stereocenters. The molecule has 30 heavy (non-hydrogen) atoms. The summed E-state index contributed by atoms with van der Waals surface area (Å²) in [5, 5.41) is 12.7. The molecule has 3 aromatic rings. The number of carbonyl (C=O) groups is 1. The Morgan fingerprint density at radius 2 is 1.80 bits per heavy atom. The molecule has 1 atom stereocenters. The van der Waals surface area contributed by atoms with Crippen molar-refractivity contribution in [3.8, 4) is 6.07 Å². The minimum atomic E-state index is -3.20. The summed E-state index contributed by atoms with van der Waals surface area (Å²) in [5.74, 6) is -1.03. The van der Waals surface area contributed by atoms with Crippen molar-refractivity contribution >= 4 is 33.0 Å². The molecule has 0 aliphatic heterocycles. The van der Waals surface area contributed by atoms with E-state index in [1.807, 2.05) is 30.3 Å². The second kappa shape index (κ2) is 9.12. The van der Waals surface area contributed by atoms with Crippen LogP contribution < -0.4 is 5.32 Å². The van der Waals surface area contributed by atoms with Gasteiger partial charge in [0, 0.05) is 22.5 Å². The molecule has 7 heteroatoms. The molecule has 1 amide bonds. The monoisotopic (exact) mass is 438 g/mol. The fourth-order valence-corrected chi connectivity index (χ4v) is 4.19. The molecule has 0 fully saturated rings. The van der Waals surface area contributed by atoms with Crippen LogP contribution in [0.1, 0.15) is 33.0 Å². The van der Waals surface area contributed by atoms with E-state index in [2.05, 4.69) is 11.4 Å². The zero-order chi connectivity index (χ0) is 21.7. The molecule has 152 valence electrons. The van der Waals surface area contributed by atoms with E-state index < -0.39 is 15.8 Å². The molecule has 0 bridgehead atoms. The van der Waals surface area contributed by atoms with Gasteiger partial charge < -0.3 is 5.32 Å². The second-order valence-electron chi connectivity index (χ2n) is 6.93. The number of hydrogen-bond acceptors (Lipinski definition) is 4. The van der Waals surface area contributed by atoms with E-state index >= 15 is 0 Å². The molecule has 1 N–H and O–H groups in total. The molecule has 0 aliphatic carbocycles. The second-order valence-corrected chi connectivity index (χ2v) is 9.48. The van der Waals surface area contributed by atoms with E-state index in [0.29, 0.717) is 27.4 Å². The zero-order valence-corrected chi connectivity index (χ0v) is 17.7. The zero-order valence-electron chi connectivity index (χ0n) is 16.2. The Morgan fingerprint density at radius 1 is 1.07 bits per heavy atom. The SMILES string of the molecule is CS(=O)(=O)Cc1cccc(C(=O)Nc2ccc(C(C#N)c3ccccc3)c(Cl)c2)c1. The Hall–Kier alpha value is -3.14. The van der Waals surface area contributed by atoms with Crippen molar-refractivity contribution in [1.29, 1.82) is 5.26 Å². The van der Waals surface area contributed by atoms with Gasteiger partial charge in [-0.2, -0.15) is 5.26 Å². The highest BCUT2D eigenvalue weighted by Crippen LogP contribution is 2.32. The molecular formula is C23H19ClN2O3S. The highest BCUT2D eigenvalue weighted by Gasteiger charge is 2.17. The van der Waals surface area contributed by atoms with Gasteiger partial charge in [-0.25, -0.2) is 8.42 Å². The fourth-order valence-electron chi connectivity index (χ4n) is 3.12. The third-order valence-corrected chi connectivity index (χ3v) is 5.63. The average Bonchev–Trinajstić information content (AvgIpc) is 2.70. The van der Waals surface area contributed by atoms with Gasteiger partial charge in [0.05, 0.1) is 17.7 Å². The van der Waals surface area contributed by atoms with Crippen LogP contribution in [0, 0.1) is 11.3 Å². The maximum atomic E-state index is 12.6. The molecule has 0 aromatic heterocycles. The van der Waals surface area contributed by atoms with Crippen molar-refractivity contribution in [3.05, 3.63) is 100 Å². The Kier molecular flexibility index (Phi) is 6.56. The van der Waals surface area contributed by atoms with Crippen molar-refractivity contribution in [2.24, 2.45) is 0 Å². The number of benzene rings is 3. The molecule has 0 saturated carbocycles. The number of nitrogens with zero attached hydrogens (tertiary/aromatic N) is 1. The lowest BCUT2D eigenvalue weighted by atomic mass is 9.92. The van der Waals surface area contributed by atoms with E-state index in [-0.39, 0.29) is 11.7 Å². The predicted octanol–water partition coefficient (Wildman–Crippen LogP) is 4.79. The lowest BCUT2D eigenvalue weighted by molar-refractivity contribution is 0.102. The third-order valence-electron chi connectivity index (χ3n) is 4.45. The van der Waals surface area contributed by atoms with E-state index in [0.717, 1.165) is 11.8 Å². The van der Waals surface area contributed by atoms with Gasteiger partial charge >= 0.3 is 0 Å². The summed E-state index contributed by atoms with van der Waals surface area (Å²) in [4.78, 5) is 12.6. The first kappa shape index (κ1) is 21.6. The van der Waals surface area contributed by atoms with Gasteiger partial charge in [0.1, 0.15) is 0 Å². The summed E-state index contributed by atoms with van der Waals surface area (Å²) in [7, 11) is -3.20. The molecule has 3 aromatic carbocycles. The van der Waals surface area contributed by atoms with Gasteiger partial charge in [-0.15, -0.1) is 0 Å². The van der Waals surface area contributed by atoms with Crippen LogP contribution >= 0.6 is 11.6 Å². The van der Waals surface area contributed by atoms with Crippen molar-refractivity contribution < 1.29 is 13.2 Å².